The zero-order valence-corrected chi connectivity index (χ0v) is 12.1. The van der Waals surface area contributed by atoms with Gasteiger partial charge in [-0.15, -0.1) is 0 Å². The maximum Gasteiger partial charge on any atom is 0.271 e. The molecule has 4 nitrogen and oxygen atoms in total. The van der Waals surface area contributed by atoms with Crippen LogP contribution >= 0.6 is 0 Å². The van der Waals surface area contributed by atoms with Crippen molar-refractivity contribution >= 4 is 11.6 Å². The second kappa shape index (κ2) is 6.70. The number of hydrazone groups is 1. The van der Waals surface area contributed by atoms with Crippen LogP contribution in [-0.4, -0.2) is 16.7 Å². The molecule has 0 bridgehead atoms. The molecule has 4 heteroatoms. The smallest absolute Gasteiger partial charge is 0.271 e. The molecule has 108 valence electrons. The summed E-state index contributed by atoms with van der Waals surface area (Å²) < 4.78 is 0. The van der Waals surface area contributed by atoms with Crippen LogP contribution in [0.3, 0.4) is 0 Å². The van der Waals surface area contributed by atoms with Gasteiger partial charge >= 0.3 is 0 Å². The van der Waals surface area contributed by atoms with Crippen LogP contribution in [0.5, 0.6) is 5.75 Å². The maximum atomic E-state index is 12.1. The summed E-state index contributed by atoms with van der Waals surface area (Å²) in [5, 5.41) is 13.5. The third kappa shape index (κ3) is 3.69. The van der Waals surface area contributed by atoms with E-state index < -0.39 is 0 Å². The molecule has 21 heavy (non-hydrogen) atoms. The molecular weight excluding hydrogens is 264 g/mol. The summed E-state index contributed by atoms with van der Waals surface area (Å²) in [5.41, 5.74) is 5.75. The lowest BCUT2D eigenvalue weighted by Crippen LogP contribution is -2.20. The maximum absolute atomic E-state index is 12.1. The van der Waals surface area contributed by atoms with Gasteiger partial charge in [-0.1, -0.05) is 25.1 Å². The van der Waals surface area contributed by atoms with E-state index in [0.717, 1.165) is 16.8 Å². The van der Waals surface area contributed by atoms with Crippen LogP contribution in [0.15, 0.2) is 53.6 Å². The van der Waals surface area contributed by atoms with Crippen LogP contribution < -0.4 is 5.43 Å². The highest BCUT2D eigenvalue weighted by Crippen LogP contribution is 2.12. The highest BCUT2D eigenvalue weighted by molar-refractivity contribution is 6.02. The summed E-state index contributed by atoms with van der Waals surface area (Å²) in [4.78, 5) is 12.1. The van der Waals surface area contributed by atoms with E-state index in [0.29, 0.717) is 12.0 Å². The van der Waals surface area contributed by atoms with Crippen molar-refractivity contribution in [3.63, 3.8) is 0 Å². The van der Waals surface area contributed by atoms with E-state index >= 15 is 0 Å². The molecule has 0 aromatic heterocycles. The standard InChI is InChI=1S/C17H18N2O2/c1-3-16(13-8-10-14(20)11-9-13)18-19-17(21)15-7-5-4-6-12(15)2/h4-11,20H,3H2,1-2H3,(H,19,21)/b18-16-. The first-order valence-electron chi connectivity index (χ1n) is 6.83. The van der Waals surface area contributed by atoms with E-state index in [1.807, 2.05) is 32.0 Å². The Morgan fingerprint density at radius 3 is 2.43 bits per heavy atom. The van der Waals surface area contributed by atoms with Crippen LogP contribution in [0.1, 0.15) is 34.8 Å². The van der Waals surface area contributed by atoms with E-state index in [1.54, 1.807) is 30.3 Å². The zero-order valence-electron chi connectivity index (χ0n) is 12.1. The molecule has 0 saturated heterocycles. The fraction of sp³-hybridized carbons (Fsp3) is 0.176. The van der Waals surface area contributed by atoms with Crippen molar-refractivity contribution in [1.82, 2.24) is 5.43 Å². The molecule has 2 aromatic rings. The number of amides is 1. The van der Waals surface area contributed by atoms with Gasteiger partial charge < -0.3 is 5.11 Å². The number of phenols is 1. The highest BCUT2D eigenvalue weighted by atomic mass is 16.3. The summed E-state index contributed by atoms with van der Waals surface area (Å²) in [6.07, 6.45) is 0.679. The van der Waals surface area contributed by atoms with Crippen LogP contribution in [0, 0.1) is 6.92 Å². The molecule has 0 unspecified atom stereocenters. The van der Waals surface area contributed by atoms with Crippen molar-refractivity contribution in [2.24, 2.45) is 5.10 Å². The van der Waals surface area contributed by atoms with Crippen molar-refractivity contribution in [1.29, 1.82) is 0 Å². The van der Waals surface area contributed by atoms with Crippen LogP contribution in [0.4, 0.5) is 0 Å². The van der Waals surface area contributed by atoms with Gasteiger partial charge in [-0.2, -0.15) is 5.10 Å². The van der Waals surface area contributed by atoms with Gasteiger partial charge in [0.05, 0.1) is 5.71 Å². The topological polar surface area (TPSA) is 61.7 Å². The summed E-state index contributed by atoms with van der Waals surface area (Å²) in [7, 11) is 0. The molecule has 0 radical (unpaired) electrons. The number of aryl methyl sites for hydroxylation is 1. The average molecular weight is 282 g/mol. The van der Waals surface area contributed by atoms with Gasteiger partial charge in [0.1, 0.15) is 5.75 Å². The fourth-order valence-electron chi connectivity index (χ4n) is 2.01. The normalized spacial score (nSPS) is 11.2. The first kappa shape index (κ1) is 14.8. The SMILES string of the molecule is CC/C(=N/NC(=O)c1ccccc1C)c1ccc(O)cc1. The van der Waals surface area contributed by atoms with Crippen molar-refractivity contribution in [2.75, 3.05) is 0 Å². The first-order valence-corrected chi connectivity index (χ1v) is 6.83. The lowest BCUT2D eigenvalue weighted by atomic mass is 10.1. The number of phenolic OH excluding ortho intramolecular Hbond substituents is 1. The summed E-state index contributed by atoms with van der Waals surface area (Å²) in [5.74, 6) is -0.0176. The van der Waals surface area contributed by atoms with E-state index in [9.17, 15) is 9.90 Å². The number of carbonyl (C=O) groups excluding carboxylic acids is 1. The minimum absolute atomic E-state index is 0.207. The van der Waals surface area contributed by atoms with Gasteiger partial charge in [-0.05, 0) is 54.8 Å². The second-order valence-electron chi connectivity index (χ2n) is 4.71. The Balaban J connectivity index is 2.16. The Hall–Kier alpha value is -2.62. The number of benzene rings is 2. The molecule has 2 N–H and O–H groups in total. The molecular formula is C17H18N2O2. The third-order valence-corrected chi connectivity index (χ3v) is 3.22. The predicted molar refractivity (Wildman–Crippen MR) is 83.6 cm³/mol. The van der Waals surface area contributed by atoms with Crippen molar-refractivity contribution in [3.05, 3.63) is 65.2 Å². The second-order valence-corrected chi connectivity index (χ2v) is 4.71. The van der Waals surface area contributed by atoms with Crippen LogP contribution in [0.25, 0.3) is 0 Å². The van der Waals surface area contributed by atoms with Crippen LogP contribution in [-0.2, 0) is 0 Å². The largest absolute Gasteiger partial charge is 0.508 e. The predicted octanol–water partition coefficient (Wildman–Crippen LogP) is 3.24. The number of aromatic hydroxyl groups is 1. The van der Waals surface area contributed by atoms with Crippen molar-refractivity contribution < 1.29 is 9.90 Å². The number of nitrogens with one attached hydrogen (secondary N) is 1. The number of hydrogen-bond donors (Lipinski definition) is 2. The summed E-state index contributed by atoms with van der Waals surface area (Å²) in [6, 6.07) is 14.1. The van der Waals surface area contributed by atoms with E-state index in [2.05, 4.69) is 10.5 Å². The lowest BCUT2D eigenvalue weighted by molar-refractivity contribution is 0.0954. The molecule has 0 spiro atoms. The monoisotopic (exact) mass is 282 g/mol. The number of rotatable bonds is 4. The number of carbonyl (C=O) groups is 1. The molecule has 0 heterocycles. The van der Waals surface area contributed by atoms with E-state index in [-0.39, 0.29) is 11.7 Å². The Morgan fingerprint density at radius 1 is 1.14 bits per heavy atom. The number of hydrogen-bond acceptors (Lipinski definition) is 3. The van der Waals surface area contributed by atoms with Crippen molar-refractivity contribution in [2.45, 2.75) is 20.3 Å². The minimum Gasteiger partial charge on any atom is -0.508 e. The highest BCUT2D eigenvalue weighted by Gasteiger charge is 2.08. The van der Waals surface area contributed by atoms with Gasteiger partial charge in [0.25, 0.3) is 5.91 Å². The molecule has 0 atom stereocenters. The van der Waals surface area contributed by atoms with Gasteiger partial charge in [0.15, 0.2) is 0 Å². The molecule has 0 saturated carbocycles. The van der Waals surface area contributed by atoms with Crippen LogP contribution in [0.2, 0.25) is 0 Å². The quantitative estimate of drug-likeness (QED) is 0.668. The number of nitrogens with zero attached hydrogens (tertiary/aromatic N) is 1. The third-order valence-electron chi connectivity index (χ3n) is 3.22. The Bertz CT molecular complexity index is 661. The summed E-state index contributed by atoms with van der Waals surface area (Å²) >= 11 is 0. The molecule has 0 aliphatic rings. The minimum atomic E-state index is -0.224. The molecule has 2 aromatic carbocycles. The molecule has 0 fully saturated rings. The average Bonchev–Trinajstić information content (AvgIpc) is 2.49. The lowest BCUT2D eigenvalue weighted by Gasteiger charge is -2.07. The summed E-state index contributed by atoms with van der Waals surface area (Å²) in [6.45, 7) is 3.85. The Kier molecular flexibility index (Phi) is 4.72. The van der Waals surface area contributed by atoms with Gasteiger partial charge in [-0.3, -0.25) is 4.79 Å². The van der Waals surface area contributed by atoms with E-state index in [1.165, 1.54) is 0 Å². The van der Waals surface area contributed by atoms with Gasteiger partial charge in [0.2, 0.25) is 0 Å². The Labute approximate surface area is 124 Å². The molecule has 0 aliphatic carbocycles. The van der Waals surface area contributed by atoms with Crippen molar-refractivity contribution in [3.8, 4) is 5.75 Å². The Morgan fingerprint density at radius 2 is 1.81 bits per heavy atom. The van der Waals surface area contributed by atoms with Gasteiger partial charge in [-0.25, -0.2) is 5.43 Å². The van der Waals surface area contributed by atoms with Gasteiger partial charge in [0, 0.05) is 5.56 Å². The first-order chi connectivity index (χ1) is 10.1. The molecule has 2 rings (SSSR count). The molecule has 1 amide bonds. The van der Waals surface area contributed by atoms with E-state index in [4.69, 9.17) is 0 Å². The fourth-order valence-corrected chi connectivity index (χ4v) is 2.01. The zero-order chi connectivity index (χ0) is 15.2. The molecule has 0 aliphatic heterocycles.